The van der Waals surface area contributed by atoms with Crippen LogP contribution >= 0.6 is 0 Å². The molecule has 0 saturated heterocycles. The number of fused-ring (bicyclic) bond motifs is 3. The van der Waals surface area contributed by atoms with E-state index in [0.29, 0.717) is 0 Å². The molecule has 154 valence electrons. The van der Waals surface area contributed by atoms with Gasteiger partial charge in [-0.3, -0.25) is 0 Å². The van der Waals surface area contributed by atoms with Gasteiger partial charge in [-0.05, 0) is 41.2 Å². The Kier molecular flexibility index (Phi) is 3.56. The first kappa shape index (κ1) is 18.6. The molecule has 31 heavy (non-hydrogen) atoms. The van der Waals surface area contributed by atoms with Crippen LogP contribution in [0, 0.1) is 5.41 Å². The van der Waals surface area contributed by atoms with Crippen LogP contribution in [-0.4, -0.2) is 9.97 Å². The van der Waals surface area contributed by atoms with Crippen LogP contribution < -0.4 is 0 Å². The fourth-order valence-corrected chi connectivity index (χ4v) is 5.15. The van der Waals surface area contributed by atoms with Crippen LogP contribution in [0.25, 0.3) is 44.2 Å². The third kappa shape index (κ3) is 2.59. The molecule has 0 aliphatic heterocycles. The Hall–Kier alpha value is -3.20. The zero-order valence-electron chi connectivity index (χ0n) is 18.7. The molecule has 0 unspecified atom stereocenters. The topological polar surface area (TPSA) is 38.9 Å². The lowest BCUT2D eigenvalue weighted by Gasteiger charge is -2.27. The average Bonchev–Trinajstić information content (AvgIpc) is 3.08. The van der Waals surface area contributed by atoms with Gasteiger partial charge in [0.15, 0.2) is 0 Å². The van der Waals surface area contributed by atoms with Crippen molar-refractivity contribution in [3.63, 3.8) is 0 Å². The van der Waals surface area contributed by atoms with E-state index < -0.39 is 0 Å². The van der Waals surface area contributed by atoms with Crippen LogP contribution in [0.1, 0.15) is 51.4 Å². The van der Waals surface area contributed by atoms with Crippen molar-refractivity contribution in [3.8, 4) is 11.3 Å². The summed E-state index contributed by atoms with van der Waals surface area (Å²) in [6.45, 7) is 11.4. The molecule has 0 fully saturated rings. The first-order chi connectivity index (χ1) is 14.7. The quantitative estimate of drug-likeness (QED) is 0.291. The lowest BCUT2D eigenvalue weighted by atomic mass is 9.78. The molecule has 0 bridgehead atoms. The van der Waals surface area contributed by atoms with Gasteiger partial charge in [0.05, 0.1) is 22.4 Å². The maximum absolute atomic E-state index is 6.53. The summed E-state index contributed by atoms with van der Waals surface area (Å²) >= 11 is 0. The van der Waals surface area contributed by atoms with Gasteiger partial charge in [0, 0.05) is 21.8 Å². The Morgan fingerprint density at radius 2 is 1.58 bits per heavy atom. The molecule has 0 spiro atoms. The van der Waals surface area contributed by atoms with Crippen molar-refractivity contribution in [2.75, 3.05) is 0 Å². The van der Waals surface area contributed by atoms with E-state index in [1.807, 2.05) is 18.2 Å². The predicted octanol–water partition coefficient (Wildman–Crippen LogP) is 7.42. The monoisotopic (exact) mass is 406 g/mol. The third-order valence-electron chi connectivity index (χ3n) is 6.54. The van der Waals surface area contributed by atoms with Gasteiger partial charge in [-0.25, -0.2) is 9.97 Å². The summed E-state index contributed by atoms with van der Waals surface area (Å²) in [5.41, 5.74) is 9.30. The van der Waals surface area contributed by atoms with Crippen molar-refractivity contribution in [1.29, 1.82) is 0 Å². The normalized spacial score (nSPS) is 15.0. The van der Waals surface area contributed by atoms with Gasteiger partial charge in [0.25, 0.3) is 0 Å². The number of rotatable bonds is 1. The fourth-order valence-electron chi connectivity index (χ4n) is 5.15. The molecule has 3 heteroatoms. The fraction of sp³-hybridized carbons (Fsp3) is 0.286. The molecule has 2 heterocycles. The molecule has 3 aromatic carbocycles. The van der Waals surface area contributed by atoms with Gasteiger partial charge in [0.1, 0.15) is 11.2 Å². The Balaban J connectivity index is 1.80. The van der Waals surface area contributed by atoms with Crippen LogP contribution in [0.3, 0.4) is 0 Å². The molecule has 0 saturated carbocycles. The number of furan rings is 1. The largest absolute Gasteiger partial charge is 0.456 e. The molecular weight excluding hydrogens is 380 g/mol. The van der Waals surface area contributed by atoms with Crippen LogP contribution in [0.5, 0.6) is 0 Å². The van der Waals surface area contributed by atoms with Crippen molar-refractivity contribution in [3.05, 3.63) is 71.4 Å². The maximum atomic E-state index is 6.53. The maximum Gasteiger partial charge on any atom is 0.138 e. The summed E-state index contributed by atoms with van der Waals surface area (Å²) in [5.74, 6) is 0. The summed E-state index contributed by atoms with van der Waals surface area (Å²) in [5, 5.41) is 2.39. The highest BCUT2D eigenvalue weighted by atomic mass is 16.3. The van der Waals surface area contributed by atoms with Gasteiger partial charge >= 0.3 is 0 Å². The highest BCUT2D eigenvalue weighted by Crippen LogP contribution is 2.49. The molecule has 0 N–H and O–H groups in total. The van der Waals surface area contributed by atoms with Gasteiger partial charge in [-0.1, -0.05) is 71.0 Å². The van der Waals surface area contributed by atoms with Crippen molar-refractivity contribution in [2.24, 2.45) is 5.41 Å². The lowest BCUT2D eigenvalue weighted by molar-refractivity contribution is 0.410. The second kappa shape index (κ2) is 5.94. The average molecular weight is 407 g/mol. The van der Waals surface area contributed by atoms with Crippen molar-refractivity contribution >= 4 is 33.0 Å². The van der Waals surface area contributed by atoms with Crippen LogP contribution in [0.15, 0.2) is 59.0 Å². The summed E-state index contributed by atoms with van der Waals surface area (Å²) in [6.07, 6.45) is 0.965. The second-order valence-corrected chi connectivity index (χ2v) is 10.5. The van der Waals surface area contributed by atoms with E-state index in [1.54, 1.807) is 0 Å². The van der Waals surface area contributed by atoms with Crippen molar-refractivity contribution < 1.29 is 4.42 Å². The molecule has 1 aliphatic rings. The van der Waals surface area contributed by atoms with Gasteiger partial charge in [-0.2, -0.15) is 0 Å². The van der Waals surface area contributed by atoms with E-state index in [-0.39, 0.29) is 10.8 Å². The Labute approximate surface area is 182 Å². The number of hydrogen-bond donors (Lipinski definition) is 0. The molecule has 1 aliphatic carbocycles. The molecule has 5 aromatic rings. The molecule has 0 atom stereocenters. The summed E-state index contributed by atoms with van der Waals surface area (Å²) in [4.78, 5) is 10.3. The number of benzene rings is 3. The highest BCUT2D eigenvalue weighted by molar-refractivity contribution is 6.16. The summed E-state index contributed by atoms with van der Waals surface area (Å²) < 4.78 is 6.53. The van der Waals surface area contributed by atoms with Gasteiger partial charge in [-0.15, -0.1) is 0 Å². The Bertz CT molecular complexity index is 1520. The van der Waals surface area contributed by atoms with E-state index >= 15 is 0 Å². The minimum atomic E-state index is -0.305. The number of para-hydroxylation sites is 2. The van der Waals surface area contributed by atoms with E-state index in [0.717, 1.165) is 45.6 Å². The predicted molar refractivity (Wildman–Crippen MR) is 128 cm³/mol. The van der Waals surface area contributed by atoms with Crippen LogP contribution in [0.2, 0.25) is 0 Å². The SMILES string of the molecule is CC(C)(C)Cc1ccc2c3c1oc1cccc(c13)-c1nc3ccccc3nc1C2(C)C. The Morgan fingerprint density at radius 3 is 2.32 bits per heavy atom. The van der Waals surface area contributed by atoms with Crippen molar-refractivity contribution in [1.82, 2.24) is 9.97 Å². The van der Waals surface area contributed by atoms with Crippen LogP contribution in [0.4, 0.5) is 0 Å². The van der Waals surface area contributed by atoms with E-state index in [2.05, 4.69) is 71.0 Å². The van der Waals surface area contributed by atoms with E-state index in [4.69, 9.17) is 14.4 Å². The second-order valence-electron chi connectivity index (χ2n) is 10.5. The molecular formula is C28H26N2O. The third-order valence-corrected chi connectivity index (χ3v) is 6.54. The van der Waals surface area contributed by atoms with E-state index in [1.165, 1.54) is 21.9 Å². The minimum absolute atomic E-state index is 0.176. The van der Waals surface area contributed by atoms with Gasteiger partial charge < -0.3 is 4.42 Å². The highest BCUT2D eigenvalue weighted by Gasteiger charge is 2.37. The molecule has 0 radical (unpaired) electrons. The lowest BCUT2D eigenvalue weighted by Crippen LogP contribution is -2.22. The molecule has 3 nitrogen and oxygen atoms in total. The Morgan fingerprint density at radius 1 is 0.839 bits per heavy atom. The van der Waals surface area contributed by atoms with Crippen molar-refractivity contribution in [2.45, 2.75) is 46.5 Å². The summed E-state index contributed by atoms with van der Waals surface area (Å²) in [7, 11) is 0. The zero-order valence-corrected chi connectivity index (χ0v) is 18.7. The standard InChI is InChI=1S/C28H26N2O/c1-27(2,3)15-16-13-14-18-23-22-17(9-8-12-21(22)31-25(16)23)24-26(28(18,4)5)30-20-11-7-6-10-19(20)29-24/h6-14H,15H2,1-5H3. The molecule has 2 aromatic heterocycles. The van der Waals surface area contributed by atoms with Gasteiger partial charge in [0.2, 0.25) is 0 Å². The first-order valence-electron chi connectivity index (χ1n) is 11.0. The summed E-state index contributed by atoms with van der Waals surface area (Å²) in [6, 6.07) is 19.0. The first-order valence-corrected chi connectivity index (χ1v) is 11.0. The van der Waals surface area contributed by atoms with Crippen LogP contribution in [-0.2, 0) is 11.8 Å². The smallest absolute Gasteiger partial charge is 0.138 e. The number of aromatic nitrogens is 2. The van der Waals surface area contributed by atoms with E-state index in [9.17, 15) is 0 Å². The zero-order chi connectivity index (χ0) is 21.5. The minimum Gasteiger partial charge on any atom is -0.456 e. The number of nitrogens with zero attached hydrogens (tertiary/aromatic N) is 2. The molecule has 0 amide bonds. The molecule has 6 rings (SSSR count). The number of hydrogen-bond acceptors (Lipinski definition) is 3.